The number of halogens is 1. The topological polar surface area (TPSA) is 83.1 Å². The van der Waals surface area contributed by atoms with E-state index in [-0.39, 0.29) is 6.42 Å². The van der Waals surface area contributed by atoms with Gasteiger partial charge in [-0.1, -0.05) is 42.5 Å². The largest absolute Gasteiger partial charge is 0.485 e. The van der Waals surface area contributed by atoms with Gasteiger partial charge in [-0.25, -0.2) is 9.59 Å². The zero-order valence-electron chi connectivity index (χ0n) is 20.7. The zero-order valence-corrected chi connectivity index (χ0v) is 22.9. The third kappa shape index (κ3) is 8.75. The second-order valence-electron chi connectivity index (χ2n) is 9.04. The fourth-order valence-corrected chi connectivity index (χ4v) is 3.72. The van der Waals surface area contributed by atoms with E-state index in [0.29, 0.717) is 23.9 Å². The van der Waals surface area contributed by atoms with Crippen LogP contribution in [-0.4, -0.2) is 30.8 Å². The monoisotopic (exact) mass is 603 g/mol. The van der Waals surface area contributed by atoms with Crippen LogP contribution >= 0.6 is 22.6 Å². The Hall–Kier alpha value is -3.27. The van der Waals surface area contributed by atoms with Crippen molar-refractivity contribution in [3.63, 3.8) is 0 Å². The van der Waals surface area contributed by atoms with Crippen LogP contribution in [-0.2, 0) is 27.3 Å². The molecular formula is C28H30INO6. The number of carbonyl (C=O) groups is 2. The third-order valence-corrected chi connectivity index (χ3v) is 5.58. The molecular weight excluding hydrogens is 573 g/mol. The van der Waals surface area contributed by atoms with Crippen LogP contribution in [0.2, 0.25) is 0 Å². The number of ether oxygens (including phenoxy) is 4. The maximum absolute atomic E-state index is 12.2. The van der Waals surface area contributed by atoms with E-state index in [1.807, 2.05) is 60.7 Å². The van der Waals surface area contributed by atoms with Crippen molar-refractivity contribution in [2.45, 2.75) is 45.4 Å². The fourth-order valence-electron chi connectivity index (χ4n) is 3.26. The second kappa shape index (κ2) is 12.6. The molecule has 0 bridgehead atoms. The van der Waals surface area contributed by atoms with E-state index >= 15 is 0 Å². The molecule has 1 amide bonds. The molecule has 0 saturated carbocycles. The molecule has 36 heavy (non-hydrogen) atoms. The Labute approximate surface area is 225 Å². The molecule has 8 heteroatoms. The summed E-state index contributed by atoms with van der Waals surface area (Å²) in [7, 11) is 1.28. The minimum atomic E-state index is -0.884. The molecule has 7 nitrogen and oxygen atoms in total. The molecule has 3 aromatic rings. The van der Waals surface area contributed by atoms with Crippen molar-refractivity contribution >= 4 is 34.7 Å². The Kier molecular flexibility index (Phi) is 9.58. The van der Waals surface area contributed by atoms with Gasteiger partial charge in [0, 0.05) is 9.99 Å². The Balaban J connectivity index is 1.68. The van der Waals surface area contributed by atoms with Gasteiger partial charge in [0.1, 0.15) is 24.0 Å². The average molecular weight is 603 g/mol. The van der Waals surface area contributed by atoms with Crippen molar-refractivity contribution in [1.29, 1.82) is 0 Å². The molecule has 1 N–H and O–H groups in total. The molecule has 190 valence electrons. The summed E-state index contributed by atoms with van der Waals surface area (Å²) < 4.78 is 23.2. The van der Waals surface area contributed by atoms with Crippen molar-refractivity contribution in [2.24, 2.45) is 0 Å². The Morgan fingerprint density at radius 2 is 1.61 bits per heavy atom. The minimum Gasteiger partial charge on any atom is -0.485 e. The predicted molar refractivity (Wildman–Crippen MR) is 145 cm³/mol. The van der Waals surface area contributed by atoms with Crippen LogP contribution in [0, 0.1) is 3.57 Å². The lowest BCUT2D eigenvalue weighted by Crippen LogP contribution is -2.45. The average Bonchev–Trinajstić information content (AvgIpc) is 2.83. The van der Waals surface area contributed by atoms with Crippen LogP contribution in [0.25, 0.3) is 0 Å². The number of esters is 1. The van der Waals surface area contributed by atoms with Crippen molar-refractivity contribution in [3.05, 3.63) is 87.5 Å². The Morgan fingerprint density at radius 3 is 2.25 bits per heavy atom. The van der Waals surface area contributed by atoms with Crippen LogP contribution in [0.5, 0.6) is 17.2 Å². The van der Waals surface area contributed by atoms with Crippen molar-refractivity contribution in [3.8, 4) is 17.2 Å². The highest BCUT2D eigenvalue weighted by Crippen LogP contribution is 2.34. The molecule has 0 spiro atoms. The number of hydrogen-bond acceptors (Lipinski definition) is 6. The van der Waals surface area contributed by atoms with E-state index in [0.717, 1.165) is 14.7 Å². The van der Waals surface area contributed by atoms with Gasteiger partial charge in [0.05, 0.1) is 7.11 Å². The molecule has 3 aromatic carbocycles. The quantitative estimate of drug-likeness (QED) is 0.229. The molecule has 0 aliphatic rings. The highest BCUT2D eigenvalue weighted by molar-refractivity contribution is 14.1. The lowest BCUT2D eigenvalue weighted by Gasteiger charge is -2.22. The van der Waals surface area contributed by atoms with Gasteiger partial charge < -0.3 is 24.3 Å². The smallest absolute Gasteiger partial charge is 0.408 e. The predicted octanol–water partition coefficient (Wildman–Crippen LogP) is 6.27. The first kappa shape index (κ1) is 27.3. The van der Waals surface area contributed by atoms with Crippen molar-refractivity contribution < 1.29 is 28.5 Å². The van der Waals surface area contributed by atoms with Crippen molar-refractivity contribution in [2.75, 3.05) is 7.11 Å². The molecule has 0 aliphatic carbocycles. The highest BCUT2D eigenvalue weighted by Gasteiger charge is 2.25. The van der Waals surface area contributed by atoms with E-state index in [4.69, 9.17) is 18.9 Å². The highest BCUT2D eigenvalue weighted by atomic mass is 127. The summed E-state index contributed by atoms with van der Waals surface area (Å²) in [5, 5.41) is 2.58. The van der Waals surface area contributed by atoms with Gasteiger partial charge in [-0.3, -0.25) is 0 Å². The number of benzene rings is 3. The number of methoxy groups -OCH3 is 1. The van der Waals surface area contributed by atoms with Crippen LogP contribution in [0.4, 0.5) is 4.79 Å². The van der Waals surface area contributed by atoms with E-state index in [9.17, 15) is 9.59 Å². The standard InChI is InChI=1S/C28H30INO6/c1-28(2,3)36-27(32)30-23(26(31)33-4)16-19-10-13-22(14-11-19)35-25-17-21(29)12-15-24(25)34-18-20-8-6-5-7-9-20/h5-15,17,23H,16,18H2,1-4H3,(H,30,32)/t23-/m0/s1. The van der Waals surface area contributed by atoms with Crippen LogP contribution in [0.3, 0.4) is 0 Å². The molecule has 3 rings (SSSR count). The summed E-state index contributed by atoms with van der Waals surface area (Å²) in [4.78, 5) is 24.4. The summed E-state index contributed by atoms with van der Waals surface area (Å²) in [6, 6.07) is 22.1. The summed E-state index contributed by atoms with van der Waals surface area (Å²) in [5.41, 5.74) is 1.20. The number of hydrogen-bond donors (Lipinski definition) is 1. The van der Waals surface area contributed by atoms with E-state index in [2.05, 4.69) is 27.9 Å². The fraction of sp³-hybridized carbons (Fsp3) is 0.286. The van der Waals surface area contributed by atoms with E-state index in [1.165, 1.54) is 7.11 Å². The third-order valence-electron chi connectivity index (χ3n) is 4.91. The Morgan fingerprint density at radius 1 is 0.917 bits per heavy atom. The molecule has 1 atom stereocenters. The first-order chi connectivity index (χ1) is 17.1. The van der Waals surface area contributed by atoms with Crippen LogP contribution in [0.15, 0.2) is 72.8 Å². The molecule has 0 saturated heterocycles. The van der Waals surface area contributed by atoms with Gasteiger partial charge in [-0.05, 0) is 84.8 Å². The molecule has 0 radical (unpaired) electrons. The van der Waals surface area contributed by atoms with Gasteiger partial charge in [0.25, 0.3) is 0 Å². The number of nitrogens with one attached hydrogen (secondary N) is 1. The molecule has 0 aromatic heterocycles. The summed E-state index contributed by atoms with van der Waals surface area (Å²) in [6.07, 6.45) is -0.444. The van der Waals surface area contributed by atoms with E-state index in [1.54, 1.807) is 32.9 Å². The number of rotatable bonds is 9. The molecule has 0 aliphatic heterocycles. The van der Waals surface area contributed by atoms with Gasteiger partial charge in [-0.15, -0.1) is 0 Å². The van der Waals surface area contributed by atoms with E-state index < -0.39 is 23.7 Å². The lowest BCUT2D eigenvalue weighted by atomic mass is 10.1. The SMILES string of the molecule is COC(=O)[C@H](Cc1ccc(Oc2cc(I)ccc2OCc2ccccc2)cc1)NC(=O)OC(C)(C)C. The Bertz CT molecular complexity index is 1160. The normalized spacial score (nSPS) is 11.8. The summed E-state index contributed by atoms with van der Waals surface area (Å²) in [5.74, 6) is 1.29. The second-order valence-corrected chi connectivity index (χ2v) is 10.3. The maximum atomic E-state index is 12.2. The minimum absolute atomic E-state index is 0.237. The summed E-state index contributed by atoms with van der Waals surface area (Å²) >= 11 is 2.23. The van der Waals surface area contributed by atoms with Crippen LogP contribution < -0.4 is 14.8 Å². The van der Waals surface area contributed by atoms with Gasteiger partial charge in [0.2, 0.25) is 0 Å². The van der Waals surface area contributed by atoms with Gasteiger partial charge in [-0.2, -0.15) is 0 Å². The molecule has 0 heterocycles. The van der Waals surface area contributed by atoms with Crippen LogP contribution in [0.1, 0.15) is 31.9 Å². The molecule has 0 fully saturated rings. The van der Waals surface area contributed by atoms with Gasteiger partial charge in [0.15, 0.2) is 11.5 Å². The first-order valence-electron chi connectivity index (χ1n) is 11.4. The summed E-state index contributed by atoms with van der Waals surface area (Å²) in [6.45, 7) is 5.69. The lowest BCUT2D eigenvalue weighted by molar-refractivity contribution is -0.143. The van der Waals surface area contributed by atoms with Gasteiger partial charge >= 0.3 is 12.1 Å². The number of alkyl carbamates (subject to hydrolysis) is 1. The molecule has 0 unspecified atom stereocenters. The first-order valence-corrected chi connectivity index (χ1v) is 12.5. The number of amides is 1. The maximum Gasteiger partial charge on any atom is 0.408 e. The van der Waals surface area contributed by atoms with Crippen molar-refractivity contribution in [1.82, 2.24) is 5.32 Å². The zero-order chi connectivity index (χ0) is 26.1. The number of carbonyl (C=O) groups excluding carboxylic acids is 2.